The topological polar surface area (TPSA) is 92.0 Å². The molecule has 2 aromatic rings. The minimum atomic E-state index is -1.31. The standard InChI is InChI=1S/C23H26O7/c1-6-27-16-8-7-14-13(2)11-17(24)29-18(14)15(16)12-28-20(26)23-10-9-22(5,19(25)30-23)21(23,3)4/h7-8,11H,6,9-10,12H2,1-5H3. The van der Waals surface area contributed by atoms with Gasteiger partial charge in [0.05, 0.1) is 17.6 Å². The molecule has 4 rings (SSSR count). The quantitative estimate of drug-likeness (QED) is 0.544. The summed E-state index contributed by atoms with van der Waals surface area (Å²) in [4.78, 5) is 37.6. The summed E-state index contributed by atoms with van der Waals surface area (Å²) in [5, 5.41) is 0.739. The highest BCUT2D eigenvalue weighted by atomic mass is 16.6. The van der Waals surface area contributed by atoms with Crippen molar-refractivity contribution in [3.05, 3.63) is 39.7 Å². The number of rotatable bonds is 5. The summed E-state index contributed by atoms with van der Waals surface area (Å²) in [6.45, 7) is 9.47. The Morgan fingerprint density at radius 2 is 1.90 bits per heavy atom. The van der Waals surface area contributed by atoms with Gasteiger partial charge in [-0.25, -0.2) is 9.59 Å². The van der Waals surface area contributed by atoms with E-state index in [0.717, 1.165) is 10.9 Å². The maximum atomic E-state index is 13.2. The van der Waals surface area contributed by atoms with E-state index in [1.807, 2.05) is 40.7 Å². The SMILES string of the molecule is CCOc1ccc2c(C)cc(=O)oc2c1COC(=O)C12CCC(C)(C(=O)O1)C2(C)C. The third-order valence-corrected chi connectivity index (χ3v) is 7.24. The second-order valence-corrected chi connectivity index (χ2v) is 8.85. The third kappa shape index (κ3) is 2.53. The Labute approximate surface area is 174 Å². The van der Waals surface area contributed by atoms with E-state index in [2.05, 4.69) is 0 Å². The molecule has 30 heavy (non-hydrogen) atoms. The number of hydrogen-bond acceptors (Lipinski definition) is 7. The predicted octanol–water partition coefficient (Wildman–Crippen LogP) is 3.67. The summed E-state index contributed by atoms with van der Waals surface area (Å²) < 4.78 is 22.4. The summed E-state index contributed by atoms with van der Waals surface area (Å²) in [5.41, 5.74) is -1.65. The van der Waals surface area contributed by atoms with Crippen molar-refractivity contribution in [3.63, 3.8) is 0 Å². The number of aryl methyl sites for hydroxylation is 1. The lowest BCUT2D eigenvalue weighted by molar-refractivity contribution is -0.184. The van der Waals surface area contributed by atoms with Gasteiger partial charge in [0, 0.05) is 16.9 Å². The molecule has 0 radical (unpaired) electrons. The highest BCUT2D eigenvalue weighted by Crippen LogP contribution is 2.65. The molecule has 2 fully saturated rings. The van der Waals surface area contributed by atoms with Gasteiger partial charge in [-0.15, -0.1) is 0 Å². The van der Waals surface area contributed by atoms with Crippen LogP contribution in [0.2, 0.25) is 0 Å². The highest BCUT2D eigenvalue weighted by Gasteiger charge is 2.76. The monoisotopic (exact) mass is 414 g/mol. The van der Waals surface area contributed by atoms with Crippen molar-refractivity contribution >= 4 is 22.9 Å². The normalized spacial score (nSPS) is 26.6. The van der Waals surface area contributed by atoms with Gasteiger partial charge in [0.2, 0.25) is 5.60 Å². The maximum absolute atomic E-state index is 13.2. The van der Waals surface area contributed by atoms with Crippen LogP contribution in [-0.4, -0.2) is 24.1 Å². The molecule has 2 aliphatic rings. The Morgan fingerprint density at radius 1 is 1.17 bits per heavy atom. The Kier molecular flexibility index (Phi) is 4.49. The van der Waals surface area contributed by atoms with E-state index >= 15 is 0 Å². The van der Waals surface area contributed by atoms with Gasteiger partial charge >= 0.3 is 17.6 Å². The second kappa shape index (κ2) is 6.59. The van der Waals surface area contributed by atoms with Crippen LogP contribution >= 0.6 is 0 Å². The van der Waals surface area contributed by atoms with Crippen LogP contribution in [0.4, 0.5) is 0 Å². The molecule has 2 bridgehead atoms. The van der Waals surface area contributed by atoms with E-state index in [1.54, 1.807) is 6.07 Å². The molecule has 1 aromatic heterocycles. The fourth-order valence-corrected chi connectivity index (χ4v) is 4.81. The first-order chi connectivity index (χ1) is 14.1. The number of ether oxygens (including phenoxy) is 3. The molecule has 1 saturated carbocycles. The molecule has 0 spiro atoms. The molecule has 0 amide bonds. The highest BCUT2D eigenvalue weighted by molar-refractivity contribution is 5.94. The van der Waals surface area contributed by atoms with Gasteiger partial charge in [0.1, 0.15) is 17.9 Å². The Balaban J connectivity index is 1.70. The van der Waals surface area contributed by atoms with Crippen molar-refractivity contribution in [2.24, 2.45) is 10.8 Å². The zero-order chi connectivity index (χ0) is 21.9. The van der Waals surface area contributed by atoms with Crippen molar-refractivity contribution < 1.29 is 28.2 Å². The van der Waals surface area contributed by atoms with E-state index in [4.69, 9.17) is 18.6 Å². The molecule has 1 aromatic carbocycles. The first-order valence-electron chi connectivity index (χ1n) is 10.2. The first kappa shape index (κ1) is 20.4. The molecule has 2 atom stereocenters. The Bertz CT molecular complexity index is 1110. The fourth-order valence-electron chi connectivity index (χ4n) is 4.81. The fraction of sp³-hybridized carbons (Fsp3) is 0.522. The molecule has 7 heteroatoms. The Morgan fingerprint density at radius 3 is 2.50 bits per heavy atom. The van der Waals surface area contributed by atoms with Crippen molar-refractivity contribution in [2.75, 3.05) is 6.61 Å². The summed E-state index contributed by atoms with van der Waals surface area (Å²) >= 11 is 0. The molecule has 2 heterocycles. The summed E-state index contributed by atoms with van der Waals surface area (Å²) in [5.74, 6) is -0.475. The van der Waals surface area contributed by atoms with Crippen LogP contribution in [0.25, 0.3) is 11.0 Å². The van der Waals surface area contributed by atoms with Gasteiger partial charge in [0.25, 0.3) is 0 Å². The first-order valence-corrected chi connectivity index (χ1v) is 10.2. The number of carbonyl (C=O) groups excluding carboxylic acids is 2. The molecular weight excluding hydrogens is 388 g/mol. The molecule has 2 unspecified atom stereocenters. The average Bonchev–Trinajstić information content (AvgIpc) is 2.97. The van der Waals surface area contributed by atoms with E-state index in [1.165, 1.54) is 6.07 Å². The lowest BCUT2D eigenvalue weighted by Gasteiger charge is -2.34. The van der Waals surface area contributed by atoms with E-state index in [0.29, 0.717) is 36.3 Å². The van der Waals surface area contributed by atoms with Gasteiger partial charge < -0.3 is 18.6 Å². The van der Waals surface area contributed by atoms with Crippen LogP contribution in [0.1, 0.15) is 51.7 Å². The second-order valence-electron chi connectivity index (χ2n) is 8.85. The maximum Gasteiger partial charge on any atom is 0.351 e. The predicted molar refractivity (Wildman–Crippen MR) is 108 cm³/mol. The minimum Gasteiger partial charge on any atom is -0.493 e. The van der Waals surface area contributed by atoms with Crippen molar-refractivity contribution in [1.29, 1.82) is 0 Å². The average molecular weight is 414 g/mol. The van der Waals surface area contributed by atoms with Gasteiger partial charge in [-0.3, -0.25) is 4.79 Å². The molecule has 7 nitrogen and oxygen atoms in total. The van der Waals surface area contributed by atoms with Gasteiger partial charge in [0.15, 0.2) is 0 Å². The van der Waals surface area contributed by atoms with Gasteiger partial charge in [-0.1, -0.05) is 13.8 Å². The molecule has 1 aliphatic carbocycles. The van der Waals surface area contributed by atoms with E-state index < -0.39 is 28.0 Å². The number of esters is 2. The summed E-state index contributed by atoms with van der Waals surface area (Å²) in [6.07, 6.45) is 0.990. The molecule has 160 valence electrons. The largest absolute Gasteiger partial charge is 0.493 e. The van der Waals surface area contributed by atoms with Crippen LogP contribution in [0.5, 0.6) is 5.75 Å². The summed E-state index contributed by atoms with van der Waals surface area (Å²) in [7, 11) is 0. The zero-order valence-electron chi connectivity index (χ0n) is 17.9. The van der Waals surface area contributed by atoms with Crippen molar-refractivity contribution in [1.82, 2.24) is 0 Å². The van der Waals surface area contributed by atoms with Crippen LogP contribution in [0.3, 0.4) is 0 Å². The smallest absolute Gasteiger partial charge is 0.351 e. The van der Waals surface area contributed by atoms with Gasteiger partial charge in [-0.2, -0.15) is 0 Å². The van der Waals surface area contributed by atoms with Gasteiger partial charge in [-0.05, 0) is 51.3 Å². The van der Waals surface area contributed by atoms with E-state index in [-0.39, 0.29) is 12.6 Å². The molecule has 1 saturated heterocycles. The van der Waals surface area contributed by atoms with E-state index in [9.17, 15) is 14.4 Å². The lowest BCUT2D eigenvalue weighted by Crippen LogP contribution is -2.48. The van der Waals surface area contributed by atoms with Crippen LogP contribution in [-0.2, 0) is 25.7 Å². The number of fused-ring (bicyclic) bond motifs is 3. The van der Waals surface area contributed by atoms with Crippen LogP contribution in [0.15, 0.2) is 27.4 Å². The number of benzene rings is 1. The van der Waals surface area contributed by atoms with Crippen molar-refractivity contribution in [3.8, 4) is 5.75 Å². The number of carbonyl (C=O) groups is 2. The van der Waals surface area contributed by atoms with Crippen molar-refractivity contribution in [2.45, 2.75) is 59.7 Å². The molecule has 0 N–H and O–H groups in total. The van der Waals surface area contributed by atoms with Crippen LogP contribution < -0.4 is 10.4 Å². The lowest BCUT2D eigenvalue weighted by atomic mass is 9.66. The summed E-state index contributed by atoms with van der Waals surface area (Å²) in [6, 6.07) is 5.00. The number of hydrogen-bond donors (Lipinski definition) is 0. The third-order valence-electron chi connectivity index (χ3n) is 7.24. The minimum absolute atomic E-state index is 0.163. The Hall–Kier alpha value is -2.83. The zero-order valence-corrected chi connectivity index (χ0v) is 17.9. The molecular formula is C23H26O7. The molecule has 1 aliphatic heterocycles. The van der Waals surface area contributed by atoms with Crippen LogP contribution in [0, 0.1) is 17.8 Å².